The summed E-state index contributed by atoms with van der Waals surface area (Å²) in [5.74, 6) is 0.401. The van der Waals surface area contributed by atoms with Crippen molar-refractivity contribution in [3.8, 4) is 0 Å². The van der Waals surface area contributed by atoms with Crippen molar-refractivity contribution in [1.29, 1.82) is 0 Å². The van der Waals surface area contributed by atoms with Gasteiger partial charge in [-0.3, -0.25) is 4.68 Å². The zero-order valence-corrected chi connectivity index (χ0v) is 12.8. The molecule has 0 aromatic carbocycles. The Morgan fingerprint density at radius 1 is 1.50 bits per heavy atom. The second-order valence-electron chi connectivity index (χ2n) is 6.42. The maximum absolute atomic E-state index is 11.4. The Morgan fingerprint density at radius 3 is 2.85 bits per heavy atom. The van der Waals surface area contributed by atoms with Crippen LogP contribution >= 0.6 is 0 Å². The third-order valence-corrected chi connectivity index (χ3v) is 3.69. The Balaban J connectivity index is 1.92. The lowest BCUT2D eigenvalue weighted by Crippen LogP contribution is -2.27. The van der Waals surface area contributed by atoms with Crippen LogP contribution in [0, 0.1) is 0 Å². The molecule has 1 fully saturated rings. The number of hydrogen-bond donors (Lipinski definition) is 1. The standard InChI is InChI=1S/C15H25N3O2/c1-5-16-14(19)20-12-7-6-11(10-12)13-8-9-18(17-13)15(2,3)4/h8-9,11-12H,5-7,10H2,1-4H3,(H,16,19). The van der Waals surface area contributed by atoms with Gasteiger partial charge in [-0.05, 0) is 53.0 Å². The first-order chi connectivity index (χ1) is 9.40. The van der Waals surface area contributed by atoms with Crippen molar-refractivity contribution in [2.75, 3.05) is 6.54 Å². The molecule has 1 amide bonds. The van der Waals surface area contributed by atoms with Gasteiger partial charge in [0.25, 0.3) is 0 Å². The van der Waals surface area contributed by atoms with Gasteiger partial charge in [-0.15, -0.1) is 0 Å². The third kappa shape index (κ3) is 3.52. The molecule has 1 aromatic rings. The number of ether oxygens (including phenoxy) is 1. The van der Waals surface area contributed by atoms with Crippen molar-refractivity contribution in [1.82, 2.24) is 15.1 Å². The molecule has 1 N–H and O–H groups in total. The van der Waals surface area contributed by atoms with Crippen LogP contribution in [0.1, 0.15) is 58.6 Å². The number of hydrogen-bond acceptors (Lipinski definition) is 3. The van der Waals surface area contributed by atoms with E-state index in [-0.39, 0.29) is 17.7 Å². The first-order valence-corrected chi connectivity index (χ1v) is 7.40. The first-order valence-electron chi connectivity index (χ1n) is 7.40. The van der Waals surface area contributed by atoms with E-state index >= 15 is 0 Å². The maximum atomic E-state index is 11.4. The molecular formula is C15H25N3O2. The van der Waals surface area contributed by atoms with E-state index in [1.165, 1.54) is 0 Å². The summed E-state index contributed by atoms with van der Waals surface area (Å²) < 4.78 is 7.39. The number of aromatic nitrogens is 2. The normalized spacial score (nSPS) is 22.8. The van der Waals surface area contributed by atoms with Gasteiger partial charge in [0.15, 0.2) is 0 Å². The highest BCUT2D eigenvalue weighted by Gasteiger charge is 2.30. The highest BCUT2D eigenvalue weighted by molar-refractivity contribution is 5.67. The average molecular weight is 279 g/mol. The smallest absolute Gasteiger partial charge is 0.407 e. The Bertz CT molecular complexity index is 462. The molecule has 0 aliphatic heterocycles. The predicted molar refractivity (Wildman–Crippen MR) is 77.8 cm³/mol. The van der Waals surface area contributed by atoms with E-state index in [0.717, 1.165) is 25.0 Å². The molecule has 0 bridgehead atoms. The van der Waals surface area contributed by atoms with Crippen LogP contribution in [-0.4, -0.2) is 28.5 Å². The molecule has 0 radical (unpaired) electrons. The van der Waals surface area contributed by atoms with Crippen LogP contribution in [0.25, 0.3) is 0 Å². The number of alkyl carbamates (subject to hydrolysis) is 1. The van der Waals surface area contributed by atoms with Gasteiger partial charge in [-0.2, -0.15) is 5.10 Å². The van der Waals surface area contributed by atoms with E-state index in [9.17, 15) is 4.79 Å². The summed E-state index contributed by atoms with van der Waals surface area (Å²) >= 11 is 0. The zero-order chi connectivity index (χ0) is 14.8. The van der Waals surface area contributed by atoms with Crippen LogP contribution in [0.2, 0.25) is 0 Å². The minimum absolute atomic E-state index is 0.00771. The third-order valence-electron chi connectivity index (χ3n) is 3.69. The Labute approximate surface area is 120 Å². The lowest BCUT2D eigenvalue weighted by atomic mass is 10.0. The van der Waals surface area contributed by atoms with Crippen LogP contribution in [-0.2, 0) is 10.3 Å². The Kier molecular flexibility index (Phi) is 4.35. The van der Waals surface area contributed by atoms with E-state index in [0.29, 0.717) is 12.5 Å². The summed E-state index contributed by atoms with van der Waals surface area (Å²) in [6.45, 7) is 8.90. The highest BCUT2D eigenvalue weighted by Crippen LogP contribution is 2.35. The molecule has 1 heterocycles. The number of amides is 1. The number of nitrogens with one attached hydrogen (secondary N) is 1. The number of rotatable bonds is 3. The lowest BCUT2D eigenvalue weighted by Gasteiger charge is -2.19. The van der Waals surface area contributed by atoms with Gasteiger partial charge in [-0.25, -0.2) is 4.79 Å². The Hall–Kier alpha value is -1.52. The molecule has 1 aliphatic carbocycles. The van der Waals surface area contributed by atoms with Crippen LogP contribution in [0.3, 0.4) is 0 Å². The van der Waals surface area contributed by atoms with Gasteiger partial charge in [0.1, 0.15) is 6.10 Å². The summed E-state index contributed by atoms with van der Waals surface area (Å²) in [7, 11) is 0. The minimum Gasteiger partial charge on any atom is -0.446 e. The molecule has 1 aliphatic rings. The summed E-state index contributed by atoms with van der Waals surface area (Å²) in [4.78, 5) is 11.4. The van der Waals surface area contributed by atoms with Crippen LogP contribution in [0.4, 0.5) is 4.79 Å². The van der Waals surface area contributed by atoms with Crippen molar-refractivity contribution in [2.24, 2.45) is 0 Å². The van der Waals surface area contributed by atoms with E-state index in [2.05, 4.69) is 37.3 Å². The topological polar surface area (TPSA) is 56.1 Å². The average Bonchev–Trinajstić information content (AvgIpc) is 2.95. The molecule has 2 rings (SSSR count). The predicted octanol–water partition coefficient (Wildman–Crippen LogP) is 3.02. The molecular weight excluding hydrogens is 254 g/mol. The molecule has 2 unspecified atom stereocenters. The van der Waals surface area contributed by atoms with Crippen molar-refractivity contribution in [3.63, 3.8) is 0 Å². The summed E-state index contributed by atoms with van der Waals surface area (Å²) in [5.41, 5.74) is 1.12. The fourth-order valence-corrected chi connectivity index (χ4v) is 2.58. The molecule has 112 valence electrons. The monoisotopic (exact) mass is 279 g/mol. The fourth-order valence-electron chi connectivity index (χ4n) is 2.58. The Morgan fingerprint density at radius 2 is 2.25 bits per heavy atom. The quantitative estimate of drug-likeness (QED) is 0.925. The number of carbonyl (C=O) groups excluding carboxylic acids is 1. The summed E-state index contributed by atoms with van der Waals surface area (Å²) in [5, 5.41) is 7.34. The molecule has 1 aromatic heterocycles. The summed E-state index contributed by atoms with van der Waals surface area (Å²) in [6.07, 6.45) is 4.57. The van der Waals surface area contributed by atoms with Gasteiger partial charge in [0.05, 0.1) is 11.2 Å². The molecule has 20 heavy (non-hydrogen) atoms. The van der Waals surface area contributed by atoms with Crippen molar-refractivity contribution >= 4 is 6.09 Å². The van der Waals surface area contributed by atoms with Gasteiger partial charge in [0, 0.05) is 18.7 Å². The summed E-state index contributed by atoms with van der Waals surface area (Å²) in [6, 6.07) is 2.09. The fraction of sp³-hybridized carbons (Fsp3) is 0.733. The van der Waals surface area contributed by atoms with Gasteiger partial charge in [-0.1, -0.05) is 0 Å². The van der Waals surface area contributed by atoms with E-state index in [4.69, 9.17) is 4.74 Å². The first kappa shape index (κ1) is 14.9. The van der Waals surface area contributed by atoms with E-state index in [1.54, 1.807) is 0 Å². The molecule has 0 spiro atoms. The number of carbonyl (C=O) groups is 1. The second-order valence-corrected chi connectivity index (χ2v) is 6.42. The molecule has 2 atom stereocenters. The van der Waals surface area contributed by atoms with Crippen LogP contribution < -0.4 is 5.32 Å². The van der Waals surface area contributed by atoms with Gasteiger partial charge >= 0.3 is 6.09 Å². The molecule has 0 saturated heterocycles. The largest absolute Gasteiger partial charge is 0.446 e. The second kappa shape index (κ2) is 5.85. The van der Waals surface area contributed by atoms with Crippen molar-refractivity contribution < 1.29 is 9.53 Å². The van der Waals surface area contributed by atoms with E-state index in [1.807, 2.05) is 17.8 Å². The van der Waals surface area contributed by atoms with Gasteiger partial charge < -0.3 is 10.1 Å². The molecule has 5 heteroatoms. The van der Waals surface area contributed by atoms with Gasteiger partial charge in [0.2, 0.25) is 0 Å². The van der Waals surface area contributed by atoms with Crippen LogP contribution in [0.5, 0.6) is 0 Å². The molecule has 5 nitrogen and oxygen atoms in total. The zero-order valence-electron chi connectivity index (χ0n) is 12.8. The maximum Gasteiger partial charge on any atom is 0.407 e. The van der Waals surface area contributed by atoms with Crippen molar-refractivity contribution in [2.45, 2.75) is 64.5 Å². The molecule has 1 saturated carbocycles. The van der Waals surface area contributed by atoms with Crippen LogP contribution in [0.15, 0.2) is 12.3 Å². The lowest BCUT2D eigenvalue weighted by molar-refractivity contribution is 0.101. The highest BCUT2D eigenvalue weighted by atomic mass is 16.6. The SMILES string of the molecule is CCNC(=O)OC1CCC(c2ccn(C(C)(C)C)n2)C1. The van der Waals surface area contributed by atoms with Crippen molar-refractivity contribution in [3.05, 3.63) is 18.0 Å². The number of nitrogens with zero attached hydrogens (tertiary/aromatic N) is 2. The minimum atomic E-state index is -0.307. The van der Waals surface area contributed by atoms with E-state index < -0.39 is 0 Å².